The van der Waals surface area contributed by atoms with Crippen LogP contribution in [0.2, 0.25) is 0 Å². The van der Waals surface area contributed by atoms with Crippen LogP contribution in [0, 0.1) is 6.92 Å². The van der Waals surface area contributed by atoms with Gasteiger partial charge in [0.15, 0.2) is 0 Å². The van der Waals surface area contributed by atoms with E-state index in [1.165, 1.54) is 16.8 Å². The fourth-order valence-electron chi connectivity index (χ4n) is 3.27. The first-order valence-corrected chi connectivity index (χ1v) is 9.20. The van der Waals surface area contributed by atoms with Crippen molar-refractivity contribution in [2.45, 2.75) is 71.3 Å². The monoisotopic (exact) mass is 431 g/mol. The predicted molar refractivity (Wildman–Crippen MR) is 98.8 cm³/mol. The first-order chi connectivity index (χ1) is 13.5. The summed E-state index contributed by atoms with van der Waals surface area (Å²) >= 11 is 0. The van der Waals surface area contributed by atoms with Gasteiger partial charge in [0, 0.05) is 12.2 Å². The van der Waals surface area contributed by atoms with Crippen molar-refractivity contribution in [1.29, 1.82) is 0 Å². The standard InChI is InChI=1S/C19H24F3N3O5/c1-9-11(15(28)30-17(2,3)4)10-7-6-8-25(10)12(9)13(26)14(27)24-18(5,16(23)29)19(20,21)22/h6-8H2,1-5H3,(H2,23,29)(H,24,27). The Bertz CT molecular complexity index is 927. The third kappa shape index (κ3) is 4.05. The average molecular weight is 431 g/mol. The molecular formula is C19H24F3N3O5. The largest absolute Gasteiger partial charge is 0.456 e. The van der Waals surface area contributed by atoms with E-state index in [1.54, 1.807) is 20.8 Å². The maximum atomic E-state index is 13.3. The number of nitrogens with two attached hydrogens (primary N) is 1. The summed E-state index contributed by atoms with van der Waals surface area (Å²) < 4.78 is 46.6. The summed E-state index contributed by atoms with van der Waals surface area (Å²) in [5.41, 5.74) is 1.09. The first-order valence-electron chi connectivity index (χ1n) is 9.20. The minimum Gasteiger partial charge on any atom is -0.456 e. The van der Waals surface area contributed by atoms with Gasteiger partial charge in [0.05, 0.1) is 11.3 Å². The van der Waals surface area contributed by atoms with Crippen LogP contribution in [0.4, 0.5) is 13.2 Å². The lowest BCUT2D eigenvalue weighted by molar-refractivity contribution is -0.194. The molecule has 2 amide bonds. The predicted octanol–water partition coefficient (Wildman–Crippen LogP) is 1.80. The maximum Gasteiger partial charge on any atom is 0.420 e. The lowest BCUT2D eigenvalue weighted by atomic mass is 9.99. The van der Waals surface area contributed by atoms with E-state index in [0.717, 1.165) is 0 Å². The van der Waals surface area contributed by atoms with Gasteiger partial charge in [-0.1, -0.05) is 0 Å². The fourth-order valence-corrected chi connectivity index (χ4v) is 3.27. The molecule has 1 aromatic heterocycles. The van der Waals surface area contributed by atoms with Crippen molar-refractivity contribution in [3.8, 4) is 0 Å². The van der Waals surface area contributed by atoms with Gasteiger partial charge in [0.1, 0.15) is 5.60 Å². The van der Waals surface area contributed by atoms with Crippen LogP contribution >= 0.6 is 0 Å². The molecule has 0 saturated heterocycles. The molecule has 0 spiro atoms. The topological polar surface area (TPSA) is 120 Å². The summed E-state index contributed by atoms with van der Waals surface area (Å²) in [6, 6.07) is 0. The van der Waals surface area contributed by atoms with E-state index in [2.05, 4.69) is 0 Å². The van der Waals surface area contributed by atoms with Crippen LogP contribution in [0.15, 0.2) is 0 Å². The Morgan fingerprint density at radius 1 is 1.10 bits per heavy atom. The highest BCUT2D eigenvalue weighted by molar-refractivity contribution is 6.43. The minimum absolute atomic E-state index is 0.118. The molecule has 0 fully saturated rings. The highest BCUT2D eigenvalue weighted by Crippen LogP contribution is 2.32. The second kappa shape index (κ2) is 7.44. The number of carbonyl (C=O) groups is 4. The van der Waals surface area contributed by atoms with Crippen molar-refractivity contribution < 1.29 is 37.1 Å². The summed E-state index contributed by atoms with van der Waals surface area (Å²) in [6.07, 6.45) is -4.20. The van der Waals surface area contributed by atoms with Crippen LogP contribution in [0.3, 0.4) is 0 Å². The fraction of sp³-hybridized carbons (Fsp3) is 0.579. The molecule has 0 bridgehead atoms. The number of ketones is 1. The highest BCUT2D eigenvalue weighted by atomic mass is 19.4. The number of hydrogen-bond acceptors (Lipinski definition) is 5. The van der Waals surface area contributed by atoms with E-state index >= 15 is 0 Å². The molecule has 166 valence electrons. The molecule has 1 unspecified atom stereocenters. The Labute approximate surface area is 170 Å². The SMILES string of the molecule is Cc1c(C(=O)OC(C)(C)C)c2n(c1C(=O)C(=O)NC(C)(C(N)=O)C(F)(F)F)CCC2. The number of nitrogens with one attached hydrogen (secondary N) is 1. The smallest absolute Gasteiger partial charge is 0.420 e. The van der Waals surface area contributed by atoms with Crippen molar-refractivity contribution in [1.82, 2.24) is 9.88 Å². The molecule has 11 heteroatoms. The van der Waals surface area contributed by atoms with Crippen LogP contribution in [0.1, 0.15) is 66.2 Å². The number of hydrogen-bond donors (Lipinski definition) is 2. The summed E-state index contributed by atoms with van der Waals surface area (Å²) in [5, 5.41) is 1.41. The van der Waals surface area contributed by atoms with Gasteiger partial charge in [0.2, 0.25) is 5.54 Å². The zero-order valence-electron chi connectivity index (χ0n) is 17.3. The number of aromatic nitrogens is 1. The molecule has 2 heterocycles. The van der Waals surface area contributed by atoms with Gasteiger partial charge in [-0.15, -0.1) is 0 Å². The van der Waals surface area contributed by atoms with Crippen molar-refractivity contribution in [3.05, 3.63) is 22.5 Å². The Kier molecular flexibility index (Phi) is 5.81. The quantitative estimate of drug-likeness (QED) is 0.418. The number of rotatable bonds is 5. The zero-order valence-corrected chi connectivity index (χ0v) is 17.3. The number of Topliss-reactive ketones (excluding diaryl/α,β-unsaturated/α-hetero) is 1. The highest BCUT2D eigenvalue weighted by Gasteiger charge is 2.57. The minimum atomic E-state index is -5.22. The van der Waals surface area contributed by atoms with E-state index in [9.17, 15) is 32.3 Å². The maximum absolute atomic E-state index is 13.3. The average Bonchev–Trinajstić information content (AvgIpc) is 3.10. The molecule has 0 aromatic carbocycles. The molecule has 1 aromatic rings. The van der Waals surface area contributed by atoms with Gasteiger partial charge < -0.3 is 20.4 Å². The number of alkyl halides is 3. The van der Waals surface area contributed by atoms with Crippen LogP contribution in [0.5, 0.6) is 0 Å². The summed E-state index contributed by atoms with van der Waals surface area (Å²) in [7, 11) is 0. The molecule has 2 rings (SSSR count). The van der Waals surface area contributed by atoms with Gasteiger partial charge in [-0.2, -0.15) is 13.2 Å². The number of esters is 1. The Balaban J connectivity index is 2.46. The molecule has 3 N–H and O–H groups in total. The molecule has 0 radical (unpaired) electrons. The molecule has 1 aliphatic heterocycles. The van der Waals surface area contributed by atoms with Crippen molar-refractivity contribution in [3.63, 3.8) is 0 Å². The van der Waals surface area contributed by atoms with Crippen molar-refractivity contribution in [2.75, 3.05) is 0 Å². The van der Waals surface area contributed by atoms with Crippen LogP contribution in [0.25, 0.3) is 0 Å². The third-order valence-electron chi connectivity index (χ3n) is 4.86. The summed E-state index contributed by atoms with van der Waals surface area (Å²) in [5.74, 6) is -5.51. The zero-order chi connectivity index (χ0) is 23.2. The van der Waals surface area contributed by atoms with Crippen molar-refractivity contribution >= 4 is 23.6 Å². The number of nitrogens with zero attached hydrogens (tertiary/aromatic N) is 1. The Morgan fingerprint density at radius 3 is 2.13 bits per heavy atom. The number of amides is 2. The van der Waals surface area contributed by atoms with Crippen LogP contribution < -0.4 is 11.1 Å². The molecular weight excluding hydrogens is 407 g/mol. The normalized spacial score (nSPS) is 15.9. The van der Waals surface area contributed by atoms with Gasteiger partial charge in [-0.05, 0) is 53.0 Å². The van der Waals surface area contributed by atoms with Gasteiger partial charge in [0.25, 0.3) is 17.6 Å². The number of carbonyl (C=O) groups excluding carboxylic acids is 4. The molecule has 1 aliphatic rings. The summed E-state index contributed by atoms with van der Waals surface area (Å²) in [4.78, 5) is 49.1. The van der Waals surface area contributed by atoms with E-state index in [4.69, 9.17) is 10.5 Å². The van der Waals surface area contributed by atoms with Crippen LogP contribution in [-0.4, -0.2) is 45.5 Å². The van der Waals surface area contributed by atoms with E-state index in [0.29, 0.717) is 32.0 Å². The van der Waals surface area contributed by atoms with Gasteiger partial charge in [-0.3, -0.25) is 14.4 Å². The van der Waals surface area contributed by atoms with Gasteiger partial charge >= 0.3 is 12.1 Å². The number of fused-ring (bicyclic) bond motifs is 1. The first kappa shape index (κ1) is 23.4. The number of primary amides is 1. The molecule has 8 nitrogen and oxygen atoms in total. The summed E-state index contributed by atoms with van der Waals surface area (Å²) in [6.45, 7) is 7.09. The Morgan fingerprint density at radius 2 is 1.67 bits per heavy atom. The van der Waals surface area contributed by atoms with E-state index in [1.807, 2.05) is 0 Å². The molecule has 1 atom stereocenters. The Hall–Kier alpha value is -2.85. The third-order valence-corrected chi connectivity index (χ3v) is 4.86. The lowest BCUT2D eigenvalue weighted by Gasteiger charge is -2.29. The molecule has 0 aliphatic carbocycles. The van der Waals surface area contributed by atoms with E-state index in [-0.39, 0.29) is 16.8 Å². The number of halogens is 3. The van der Waals surface area contributed by atoms with E-state index < -0.39 is 40.9 Å². The molecule has 0 saturated carbocycles. The van der Waals surface area contributed by atoms with Crippen LogP contribution in [-0.2, 0) is 27.3 Å². The van der Waals surface area contributed by atoms with Crippen molar-refractivity contribution in [2.24, 2.45) is 5.73 Å². The second-order valence-electron chi connectivity index (χ2n) is 8.32. The van der Waals surface area contributed by atoms with Gasteiger partial charge in [-0.25, -0.2) is 4.79 Å². The lowest BCUT2D eigenvalue weighted by Crippen LogP contribution is -2.65. The number of ether oxygens (including phenoxy) is 1. The second-order valence-corrected chi connectivity index (χ2v) is 8.32. The molecule has 30 heavy (non-hydrogen) atoms.